The molecule has 0 fully saturated rings. The van der Waals surface area contributed by atoms with Crippen molar-refractivity contribution in [3.8, 4) is 22.1 Å². The van der Waals surface area contributed by atoms with Crippen LogP contribution in [0, 0.1) is 0 Å². The van der Waals surface area contributed by atoms with Crippen LogP contribution in [-0.2, 0) is 0 Å². The highest BCUT2D eigenvalue weighted by Gasteiger charge is 2.15. The molecule has 5 heteroatoms. The molecule has 0 aliphatic rings. The van der Waals surface area contributed by atoms with E-state index in [-0.39, 0.29) is 0 Å². The minimum absolute atomic E-state index is 0.832. The molecule has 4 nitrogen and oxygen atoms in total. The number of hydrogen-bond acceptors (Lipinski definition) is 4. The van der Waals surface area contributed by atoms with Crippen LogP contribution in [0.15, 0.2) is 60.1 Å². The molecular weight excluding hydrogens is 294 g/mol. The first-order chi connectivity index (χ1) is 10.9. The van der Waals surface area contributed by atoms with Crippen LogP contribution in [0.3, 0.4) is 0 Å². The summed E-state index contributed by atoms with van der Waals surface area (Å²) in [4.78, 5) is 10.4. The highest BCUT2D eigenvalue weighted by atomic mass is 32.1. The summed E-state index contributed by atoms with van der Waals surface area (Å²) in [6.45, 7) is 0. The van der Waals surface area contributed by atoms with E-state index in [1.54, 1.807) is 24.6 Å². The number of fused-ring (bicyclic) bond motifs is 1. The van der Waals surface area contributed by atoms with Gasteiger partial charge in [-0.25, -0.2) is 9.97 Å². The lowest BCUT2D eigenvalue weighted by atomic mass is 10.3. The third-order valence-corrected chi connectivity index (χ3v) is 4.35. The molecule has 4 rings (SSSR count). The SMILES string of the molecule is COc1ccc(-n2c(-c3cccs3)nc3cccnc32)cc1. The molecule has 22 heavy (non-hydrogen) atoms. The molecule has 3 aromatic heterocycles. The Balaban J connectivity index is 1.99. The van der Waals surface area contributed by atoms with Gasteiger partial charge < -0.3 is 4.74 Å². The van der Waals surface area contributed by atoms with Gasteiger partial charge in [0, 0.05) is 11.9 Å². The largest absolute Gasteiger partial charge is 0.497 e. The summed E-state index contributed by atoms with van der Waals surface area (Å²) in [6.07, 6.45) is 1.79. The standard InChI is InChI=1S/C17H13N3OS/c1-21-13-8-6-12(7-9-13)20-16-14(4-2-10-18-16)19-17(20)15-5-3-11-22-15/h2-11H,1H3. The van der Waals surface area contributed by atoms with Gasteiger partial charge in [0.2, 0.25) is 0 Å². The van der Waals surface area contributed by atoms with Gasteiger partial charge in [0.25, 0.3) is 0 Å². The third kappa shape index (κ3) is 2.07. The molecule has 0 saturated heterocycles. The van der Waals surface area contributed by atoms with Gasteiger partial charge in [0.05, 0.1) is 12.0 Å². The quantitative estimate of drug-likeness (QED) is 0.570. The zero-order valence-corrected chi connectivity index (χ0v) is 12.7. The molecule has 4 aromatic rings. The molecular formula is C17H13N3OS. The average Bonchev–Trinajstić information content (AvgIpc) is 3.22. The Morgan fingerprint density at radius 3 is 2.64 bits per heavy atom. The first kappa shape index (κ1) is 13.0. The van der Waals surface area contributed by atoms with Crippen molar-refractivity contribution in [3.63, 3.8) is 0 Å². The molecule has 0 aliphatic carbocycles. The molecule has 3 heterocycles. The van der Waals surface area contributed by atoms with Gasteiger partial charge in [-0.2, -0.15) is 0 Å². The number of ether oxygens (including phenoxy) is 1. The molecule has 0 bridgehead atoms. The molecule has 0 saturated carbocycles. The van der Waals surface area contributed by atoms with E-state index in [1.165, 1.54) is 0 Å². The molecule has 0 spiro atoms. The van der Waals surface area contributed by atoms with Gasteiger partial charge in [-0.15, -0.1) is 11.3 Å². The summed E-state index contributed by atoms with van der Waals surface area (Å²) < 4.78 is 7.32. The van der Waals surface area contributed by atoms with Crippen molar-refractivity contribution < 1.29 is 4.74 Å². The van der Waals surface area contributed by atoms with Gasteiger partial charge in [-0.3, -0.25) is 4.57 Å². The molecule has 0 atom stereocenters. The monoisotopic (exact) mass is 307 g/mol. The Labute approximate surface area is 131 Å². The van der Waals surface area contributed by atoms with E-state index in [0.717, 1.165) is 33.3 Å². The van der Waals surface area contributed by atoms with Gasteiger partial charge in [-0.1, -0.05) is 6.07 Å². The first-order valence-electron chi connectivity index (χ1n) is 6.88. The second-order valence-electron chi connectivity index (χ2n) is 4.79. The van der Waals surface area contributed by atoms with E-state index in [4.69, 9.17) is 9.72 Å². The maximum atomic E-state index is 5.24. The third-order valence-electron chi connectivity index (χ3n) is 3.49. The minimum Gasteiger partial charge on any atom is -0.497 e. The second-order valence-corrected chi connectivity index (χ2v) is 5.74. The number of methoxy groups -OCH3 is 1. The van der Waals surface area contributed by atoms with Gasteiger partial charge in [0.1, 0.15) is 11.3 Å². The van der Waals surface area contributed by atoms with Crippen molar-refractivity contribution in [2.45, 2.75) is 0 Å². The Bertz CT molecular complexity index is 911. The van der Waals surface area contributed by atoms with Crippen LogP contribution in [0.5, 0.6) is 5.75 Å². The van der Waals surface area contributed by atoms with Crippen molar-refractivity contribution >= 4 is 22.5 Å². The number of aromatic nitrogens is 3. The van der Waals surface area contributed by atoms with Gasteiger partial charge >= 0.3 is 0 Å². The van der Waals surface area contributed by atoms with Crippen LogP contribution < -0.4 is 4.74 Å². The number of rotatable bonds is 3. The van der Waals surface area contributed by atoms with Crippen LogP contribution in [0.25, 0.3) is 27.6 Å². The Hall–Kier alpha value is -2.66. The number of nitrogens with zero attached hydrogens (tertiary/aromatic N) is 3. The molecule has 0 radical (unpaired) electrons. The molecule has 0 aliphatic heterocycles. The summed E-state index contributed by atoms with van der Waals surface area (Å²) in [5, 5.41) is 2.06. The molecule has 1 aromatic carbocycles. The lowest BCUT2D eigenvalue weighted by Crippen LogP contribution is -1.97. The molecule has 108 valence electrons. The highest BCUT2D eigenvalue weighted by molar-refractivity contribution is 7.13. The fourth-order valence-electron chi connectivity index (χ4n) is 2.46. The molecule has 0 amide bonds. The molecule has 0 N–H and O–H groups in total. The smallest absolute Gasteiger partial charge is 0.164 e. The highest BCUT2D eigenvalue weighted by Crippen LogP contribution is 2.30. The van der Waals surface area contributed by atoms with E-state index in [1.807, 2.05) is 42.5 Å². The number of thiophene rings is 1. The summed E-state index contributed by atoms with van der Waals surface area (Å²) in [5.41, 5.74) is 2.77. The summed E-state index contributed by atoms with van der Waals surface area (Å²) in [5.74, 6) is 1.74. The Kier molecular flexibility index (Phi) is 3.12. The number of benzene rings is 1. The van der Waals surface area contributed by atoms with Crippen LogP contribution >= 0.6 is 11.3 Å². The first-order valence-corrected chi connectivity index (χ1v) is 7.76. The van der Waals surface area contributed by atoms with Gasteiger partial charge in [-0.05, 0) is 47.8 Å². The van der Waals surface area contributed by atoms with E-state index < -0.39 is 0 Å². The summed E-state index contributed by atoms with van der Waals surface area (Å²) in [6, 6.07) is 15.9. The van der Waals surface area contributed by atoms with Crippen molar-refractivity contribution in [3.05, 3.63) is 60.1 Å². The fraction of sp³-hybridized carbons (Fsp3) is 0.0588. The van der Waals surface area contributed by atoms with Crippen LogP contribution in [0.2, 0.25) is 0 Å². The van der Waals surface area contributed by atoms with E-state index in [9.17, 15) is 0 Å². The van der Waals surface area contributed by atoms with Crippen molar-refractivity contribution in [2.75, 3.05) is 7.11 Å². The van der Waals surface area contributed by atoms with Crippen molar-refractivity contribution in [2.24, 2.45) is 0 Å². The fourth-order valence-corrected chi connectivity index (χ4v) is 3.16. The van der Waals surface area contributed by atoms with Crippen molar-refractivity contribution in [1.29, 1.82) is 0 Å². The van der Waals surface area contributed by atoms with Crippen LogP contribution in [0.1, 0.15) is 0 Å². The van der Waals surface area contributed by atoms with Gasteiger partial charge in [0.15, 0.2) is 11.5 Å². The number of imidazole rings is 1. The zero-order chi connectivity index (χ0) is 14.9. The maximum Gasteiger partial charge on any atom is 0.164 e. The number of pyridine rings is 1. The Morgan fingerprint density at radius 1 is 1.05 bits per heavy atom. The maximum absolute atomic E-state index is 5.24. The second kappa shape index (κ2) is 5.27. The van der Waals surface area contributed by atoms with E-state index in [0.29, 0.717) is 0 Å². The lowest BCUT2D eigenvalue weighted by Gasteiger charge is -2.08. The molecule has 0 unspecified atom stereocenters. The number of hydrogen-bond donors (Lipinski definition) is 0. The topological polar surface area (TPSA) is 39.9 Å². The van der Waals surface area contributed by atoms with E-state index >= 15 is 0 Å². The minimum atomic E-state index is 0.832. The zero-order valence-electron chi connectivity index (χ0n) is 11.9. The van der Waals surface area contributed by atoms with E-state index in [2.05, 4.69) is 21.0 Å². The Morgan fingerprint density at radius 2 is 1.91 bits per heavy atom. The predicted octanol–water partition coefficient (Wildman–Crippen LogP) is 4.16. The lowest BCUT2D eigenvalue weighted by molar-refractivity contribution is 0.415. The van der Waals surface area contributed by atoms with Crippen LogP contribution in [0.4, 0.5) is 0 Å². The normalized spacial score (nSPS) is 11.0. The summed E-state index contributed by atoms with van der Waals surface area (Å²) >= 11 is 1.67. The summed E-state index contributed by atoms with van der Waals surface area (Å²) in [7, 11) is 1.67. The average molecular weight is 307 g/mol. The van der Waals surface area contributed by atoms with Crippen molar-refractivity contribution in [1.82, 2.24) is 14.5 Å². The predicted molar refractivity (Wildman–Crippen MR) is 88.7 cm³/mol. The van der Waals surface area contributed by atoms with Crippen LogP contribution in [-0.4, -0.2) is 21.6 Å².